The van der Waals surface area contributed by atoms with Crippen molar-refractivity contribution in [3.05, 3.63) is 85.6 Å². The number of nitrogens with zero attached hydrogens (tertiary/aromatic N) is 1. The molecule has 0 aliphatic heterocycles. The van der Waals surface area contributed by atoms with Gasteiger partial charge in [-0.05, 0) is 42.5 Å². The van der Waals surface area contributed by atoms with Crippen LogP contribution in [0.15, 0.2) is 65.6 Å². The number of hydrogen-bond donors (Lipinski definition) is 0. The summed E-state index contributed by atoms with van der Waals surface area (Å²) in [6.07, 6.45) is 0. The number of nitro benzene ring substituents is 1. The molecular weight excluding hydrogens is 470 g/mol. The van der Waals surface area contributed by atoms with E-state index in [0.29, 0.717) is 9.21 Å². The summed E-state index contributed by atoms with van der Waals surface area (Å²) >= 11 is 6.82. The summed E-state index contributed by atoms with van der Waals surface area (Å²) in [6, 6.07) is 12.4. The number of benzene rings is 2. The molecule has 0 N–H and O–H groups in total. The molecule has 0 bridgehead atoms. The van der Waals surface area contributed by atoms with Crippen LogP contribution in [0.25, 0.3) is 0 Å². The number of esters is 1. The minimum absolute atomic E-state index is 0.0668. The summed E-state index contributed by atoms with van der Waals surface area (Å²) in [6.45, 7) is -0.477. The van der Waals surface area contributed by atoms with Crippen molar-refractivity contribution in [3.8, 4) is 5.75 Å². The molecule has 1 aromatic heterocycles. The second-order valence-corrected chi connectivity index (χ2v) is 9.18. The van der Waals surface area contributed by atoms with Gasteiger partial charge in [0.1, 0.15) is 10.6 Å². The highest BCUT2D eigenvalue weighted by Gasteiger charge is 2.20. The highest BCUT2D eigenvalue weighted by molar-refractivity contribution is 7.87. The lowest BCUT2D eigenvalue weighted by Crippen LogP contribution is -2.13. The summed E-state index contributed by atoms with van der Waals surface area (Å²) in [5.41, 5.74) is -0.334. The standard InChI is InChI=1S/C19H12ClNO8S2/c20-18-9-8-17(30-18)16(22)11-28-19(23)12-4-6-14(7-5-12)29-31(26,27)15-3-1-2-13(10-15)21(24)25/h1-10H,11H2. The van der Waals surface area contributed by atoms with E-state index in [4.69, 9.17) is 20.5 Å². The molecule has 0 atom stereocenters. The van der Waals surface area contributed by atoms with Gasteiger partial charge in [-0.15, -0.1) is 11.3 Å². The summed E-state index contributed by atoms with van der Waals surface area (Å²) < 4.78 is 35.0. The Labute approximate surface area is 185 Å². The second kappa shape index (κ2) is 9.25. The van der Waals surface area contributed by atoms with Crippen LogP contribution in [-0.2, 0) is 14.9 Å². The first-order valence-electron chi connectivity index (χ1n) is 8.40. The monoisotopic (exact) mass is 481 g/mol. The highest BCUT2D eigenvalue weighted by atomic mass is 35.5. The zero-order valence-corrected chi connectivity index (χ0v) is 17.8. The molecule has 0 spiro atoms. The van der Waals surface area contributed by atoms with Crippen molar-refractivity contribution in [2.45, 2.75) is 4.90 Å². The largest absolute Gasteiger partial charge is 0.454 e. The van der Waals surface area contributed by atoms with Gasteiger partial charge < -0.3 is 8.92 Å². The number of non-ortho nitro benzene ring substituents is 1. The van der Waals surface area contributed by atoms with Crippen LogP contribution in [0.3, 0.4) is 0 Å². The number of rotatable bonds is 8. The summed E-state index contributed by atoms with van der Waals surface area (Å²) in [5.74, 6) is -1.32. The van der Waals surface area contributed by atoms with Crippen molar-refractivity contribution >= 4 is 50.5 Å². The fourth-order valence-electron chi connectivity index (χ4n) is 2.32. The normalized spacial score (nSPS) is 11.0. The van der Waals surface area contributed by atoms with Crippen LogP contribution < -0.4 is 4.18 Å². The molecule has 31 heavy (non-hydrogen) atoms. The minimum atomic E-state index is -4.33. The van der Waals surface area contributed by atoms with Crippen LogP contribution >= 0.6 is 22.9 Å². The smallest absolute Gasteiger partial charge is 0.339 e. The highest BCUT2D eigenvalue weighted by Crippen LogP contribution is 2.23. The van der Waals surface area contributed by atoms with Gasteiger partial charge in [0.15, 0.2) is 6.61 Å². The number of thiophene rings is 1. The second-order valence-electron chi connectivity index (χ2n) is 5.92. The number of halogens is 1. The van der Waals surface area contributed by atoms with E-state index in [1.807, 2.05) is 0 Å². The Kier molecular flexibility index (Phi) is 6.68. The van der Waals surface area contributed by atoms with Crippen LogP contribution in [0, 0.1) is 10.1 Å². The molecule has 0 unspecified atom stereocenters. The van der Waals surface area contributed by atoms with E-state index in [1.165, 1.54) is 36.4 Å². The zero-order chi connectivity index (χ0) is 22.6. The fraction of sp³-hybridized carbons (Fsp3) is 0.0526. The quantitative estimate of drug-likeness (QED) is 0.154. The van der Waals surface area contributed by atoms with Crippen LogP contribution in [-0.4, -0.2) is 31.7 Å². The molecule has 12 heteroatoms. The van der Waals surface area contributed by atoms with Gasteiger partial charge in [-0.25, -0.2) is 4.79 Å². The number of ketones is 1. The average Bonchev–Trinajstić information content (AvgIpc) is 3.18. The van der Waals surface area contributed by atoms with Crippen LogP contribution in [0.1, 0.15) is 20.0 Å². The van der Waals surface area contributed by atoms with Crippen molar-refractivity contribution in [2.75, 3.05) is 6.61 Å². The molecule has 0 aliphatic carbocycles. The number of ether oxygens (including phenoxy) is 1. The maximum Gasteiger partial charge on any atom is 0.339 e. The van der Waals surface area contributed by atoms with Gasteiger partial charge in [-0.2, -0.15) is 8.42 Å². The first-order valence-corrected chi connectivity index (χ1v) is 11.0. The predicted molar refractivity (Wildman–Crippen MR) is 111 cm³/mol. The van der Waals surface area contributed by atoms with Crippen molar-refractivity contribution in [3.63, 3.8) is 0 Å². The molecular formula is C19H12ClNO8S2. The first kappa shape index (κ1) is 22.4. The molecule has 9 nitrogen and oxygen atoms in total. The Morgan fingerprint density at radius 1 is 1.06 bits per heavy atom. The summed E-state index contributed by atoms with van der Waals surface area (Å²) in [5, 5.41) is 10.8. The fourth-order valence-corrected chi connectivity index (χ4v) is 4.26. The molecule has 0 aliphatic rings. The van der Waals surface area contributed by atoms with Gasteiger partial charge in [-0.1, -0.05) is 17.7 Å². The third-order valence-electron chi connectivity index (χ3n) is 3.80. The molecule has 0 saturated carbocycles. The first-order chi connectivity index (χ1) is 14.7. The lowest BCUT2D eigenvalue weighted by molar-refractivity contribution is -0.385. The molecule has 1 heterocycles. The van der Waals surface area contributed by atoms with Gasteiger partial charge in [-0.3, -0.25) is 14.9 Å². The topological polar surface area (TPSA) is 130 Å². The Hall–Kier alpha value is -3.28. The molecule has 0 fully saturated rings. The van der Waals surface area contributed by atoms with Crippen molar-refractivity contribution in [1.82, 2.24) is 0 Å². The maximum atomic E-state index is 12.3. The van der Waals surface area contributed by atoms with Crippen molar-refractivity contribution < 1.29 is 31.9 Å². The number of hydrogen-bond acceptors (Lipinski definition) is 9. The number of carbonyl (C=O) groups excluding carboxylic acids is 2. The van der Waals surface area contributed by atoms with E-state index in [9.17, 15) is 28.1 Å². The third kappa shape index (κ3) is 5.66. The van der Waals surface area contributed by atoms with Gasteiger partial charge in [0.2, 0.25) is 5.78 Å². The van der Waals surface area contributed by atoms with Crippen LogP contribution in [0.5, 0.6) is 5.75 Å². The van der Waals surface area contributed by atoms with E-state index in [1.54, 1.807) is 6.07 Å². The van der Waals surface area contributed by atoms with E-state index in [0.717, 1.165) is 29.5 Å². The Bertz CT molecular complexity index is 1250. The number of Topliss-reactive ketones (excluding diaryl/α,β-unsaturated/α-hetero) is 1. The zero-order valence-electron chi connectivity index (χ0n) is 15.4. The molecule has 160 valence electrons. The molecule has 0 saturated heterocycles. The van der Waals surface area contributed by atoms with Gasteiger partial charge >= 0.3 is 16.1 Å². The average molecular weight is 482 g/mol. The third-order valence-corrected chi connectivity index (χ3v) is 6.31. The van der Waals surface area contributed by atoms with Crippen LogP contribution in [0.2, 0.25) is 4.34 Å². The van der Waals surface area contributed by atoms with Gasteiger partial charge in [0.05, 0.1) is 19.7 Å². The maximum absolute atomic E-state index is 12.3. The Morgan fingerprint density at radius 3 is 2.39 bits per heavy atom. The Morgan fingerprint density at radius 2 is 1.77 bits per heavy atom. The predicted octanol–water partition coefficient (Wildman–Crippen LogP) is 4.12. The molecule has 0 amide bonds. The number of carbonyl (C=O) groups is 2. The van der Waals surface area contributed by atoms with E-state index in [-0.39, 0.29) is 11.3 Å². The van der Waals surface area contributed by atoms with Crippen molar-refractivity contribution in [1.29, 1.82) is 0 Å². The van der Waals surface area contributed by atoms with E-state index in [2.05, 4.69) is 0 Å². The summed E-state index contributed by atoms with van der Waals surface area (Å²) in [4.78, 5) is 34.1. The van der Waals surface area contributed by atoms with Gasteiger partial charge in [0, 0.05) is 12.1 Å². The lowest BCUT2D eigenvalue weighted by atomic mass is 10.2. The van der Waals surface area contributed by atoms with Crippen LogP contribution in [0.4, 0.5) is 5.69 Å². The van der Waals surface area contributed by atoms with E-state index < -0.39 is 44.0 Å². The van der Waals surface area contributed by atoms with Crippen molar-refractivity contribution in [2.24, 2.45) is 0 Å². The Balaban J connectivity index is 1.64. The van der Waals surface area contributed by atoms with Gasteiger partial charge in [0.25, 0.3) is 5.69 Å². The SMILES string of the molecule is O=C(OCC(=O)c1ccc(Cl)s1)c1ccc(OS(=O)(=O)c2cccc([N+](=O)[O-])c2)cc1. The lowest BCUT2D eigenvalue weighted by Gasteiger charge is -2.08. The molecule has 0 radical (unpaired) electrons. The van der Waals surface area contributed by atoms with E-state index >= 15 is 0 Å². The molecule has 2 aromatic carbocycles. The molecule has 3 aromatic rings. The number of nitro groups is 1. The minimum Gasteiger partial charge on any atom is -0.454 e. The molecule has 3 rings (SSSR count). The summed E-state index contributed by atoms with van der Waals surface area (Å²) in [7, 11) is -4.33.